The van der Waals surface area contributed by atoms with Gasteiger partial charge < -0.3 is 18.7 Å². The van der Waals surface area contributed by atoms with E-state index in [0.29, 0.717) is 0 Å². The zero-order valence-corrected chi connectivity index (χ0v) is 9.44. The molecule has 0 aliphatic heterocycles. The van der Waals surface area contributed by atoms with E-state index in [4.69, 9.17) is 9.05 Å². The van der Waals surface area contributed by atoms with Gasteiger partial charge in [-0.2, -0.15) is 0 Å². The minimum atomic E-state index is -2.70. The lowest BCUT2D eigenvalue weighted by Crippen LogP contribution is -1.98. The summed E-state index contributed by atoms with van der Waals surface area (Å²) in [5.41, 5.74) is 0. The fraction of sp³-hybridized carbons (Fsp3) is 0.667. The summed E-state index contributed by atoms with van der Waals surface area (Å²) in [5.74, 6) is 0.225. The molecule has 0 bridgehead atoms. The van der Waals surface area contributed by atoms with Crippen LogP contribution >= 0.6 is 8.25 Å². The van der Waals surface area contributed by atoms with Crippen LogP contribution in [0.15, 0.2) is 10.3 Å². The van der Waals surface area contributed by atoms with Gasteiger partial charge in [-0.3, -0.25) is 0 Å². The Hall–Kier alpha value is -1.23. The summed E-state index contributed by atoms with van der Waals surface area (Å²) < 4.78 is 20.5. The molecule has 14 heavy (non-hydrogen) atoms. The van der Waals surface area contributed by atoms with Crippen molar-refractivity contribution in [3.8, 4) is 0 Å². The van der Waals surface area contributed by atoms with Crippen molar-refractivity contribution in [2.75, 3.05) is 14.2 Å². The predicted octanol–water partition coefficient (Wildman–Crippen LogP) is 1.37. The Bertz CT molecular complexity index is 229. The van der Waals surface area contributed by atoms with Gasteiger partial charge in [0.25, 0.3) is 0 Å². The van der Waals surface area contributed by atoms with Gasteiger partial charge in [-0.1, -0.05) is 10.3 Å². The van der Waals surface area contributed by atoms with Gasteiger partial charge in [-0.25, -0.2) is 4.57 Å². The van der Waals surface area contributed by atoms with Gasteiger partial charge in [0.15, 0.2) is 0 Å². The van der Waals surface area contributed by atoms with Crippen LogP contribution in [-0.2, 0) is 23.3 Å². The van der Waals surface area contributed by atoms with E-state index < -0.39 is 8.25 Å². The molecule has 0 N–H and O–H groups in total. The second kappa shape index (κ2) is 7.20. The first-order chi connectivity index (χ1) is 6.60. The van der Waals surface area contributed by atoms with Gasteiger partial charge in [-0.15, -0.1) is 0 Å². The maximum absolute atomic E-state index is 11.1. The fourth-order valence-electron chi connectivity index (χ4n) is 0.556. The van der Waals surface area contributed by atoms with Gasteiger partial charge in [0.1, 0.15) is 14.2 Å². The van der Waals surface area contributed by atoms with Crippen LogP contribution in [0.25, 0.3) is 0 Å². The van der Waals surface area contributed by atoms with E-state index in [1.165, 1.54) is 28.1 Å². The van der Waals surface area contributed by atoms with E-state index in [2.05, 4.69) is 20.0 Å². The number of oxime groups is 2. The average Bonchev–Trinajstić information content (AvgIpc) is 2.03. The van der Waals surface area contributed by atoms with Gasteiger partial charge in [-0.05, 0) is 0 Å². The molecule has 0 saturated carbocycles. The second-order valence-electron chi connectivity index (χ2n) is 2.04. The third kappa shape index (κ3) is 6.30. The molecule has 0 aliphatic rings. The summed E-state index contributed by atoms with van der Waals surface area (Å²) in [6, 6.07) is 0. The Balaban J connectivity index is 3.99. The SMILES string of the molecule is CO/N=C(\C)O[PH](=O)O/C(C)=N/OC. The molecule has 8 heteroatoms. The molecule has 0 unspecified atom stereocenters. The molecule has 0 aromatic rings. The number of nitrogens with zero attached hydrogens (tertiary/aromatic N) is 2. The summed E-state index contributed by atoms with van der Waals surface area (Å²) in [6.45, 7) is 2.97. The maximum Gasteiger partial charge on any atom is 0.421 e. The van der Waals surface area contributed by atoms with Crippen LogP contribution < -0.4 is 0 Å². The van der Waals surface area contributed by atoms with E-state index in [1.807, 2.05) is 0 Å². The topological polar surface area (TPSA) is 78.7 Å². The number of hydrogen-bond donors (Lipinski definition) is 0. The van der Waals surface area contributed by atoms with Crippen molar-refractivity contribution in [2.45, 2.75) is 13.8 Å². The lowest BCUT2D eigenvalue weighted by Gasteiger charge is -2.05. The molecule has 0 aromatic carbocycles. The molecule has 0 saturated heterocycles. The minimum Gasteiger partial charge on any atom is -0.401 e. The van der Waals surface area contributed by atoms with E-state index in [-0.39, 0.29) is 11.8 Å². The van der Waals surface area contributed by atoms with Crippen molar-refractivity contribution in [2.24, 2.45) is 10.3 Å². The highest BCUT2D eigenvalue weighted by Crippen LogP contribution is 2.24. The average molecular weight is 224 g/mol. The van der Waals surface area contributed by atoms with Gasteiger partial charge in [0, 0.05) is 13.8 Å². The monoisotopic (exact) mass is 224 g/mol. The Kier molecular flexibility index (Phi) is 6.57. The lowest BCUT2D eigenvalue weighted by molar-refractivity contribution is 0.201. The lowest BCUT2D eigenvalue weighted by atomic mass is 10.8. The Morgan fingerprint density at radius 1 is 1.00 bits per heavy atom. The molecule has 0 aliphatic carbocycles. The molecular formula is C6H13N2O5P. The van der Waals surface area contributed by atoms with Crippen LogP contribution in [0.4, 0.5) is 0 Å². The zero-order valence-electron chi connectivity index (χ0n) is 8.44. The van der Waals surface area contributed by atoms with Gasteiger partial charge in [0.05, 0.1) is 0 Å². The van der Waals surface area contributed by atoms with Crippen molar-refractivity contribution >= 4 is 20.1 Å². The smallest absolute Gasteiger partial charge is 0.401 e. The Labute approximate surface area is 82.6 Å². The first-order valence-corrected chi connectivity index (χ1v) is 4.87. The minimum absolute atomic E-state index is 0.113. The highest BCUT2D eigenvalue weighted by Gasteiger charge is 2.04. The van der Waals surface area contributed by atoms with Crippen molar-refractivity contribution in [3.63, 3.8) is 0 Å². The maximum atomic E-state index is 11.1. The molecule has 0 heterocycles. The highest BCUT2D eigenvalue weighted by molar-refractivity contribution is 7.34. The first kappa shape index (κ1) is 12.8. The molecule has 0 fully saturated rings. The van der Waals surface area contributed by atoms with E-state index in [1.54, 1.807) is 0 Å². The first-order valence-electron chi connectivity index (χ1n) is 3.65. The molecule has 0 aromatic heterocycles. The van der Waals surface area contributed by atoms with Crippen LogP contribution in [0.3, 0.4) is 0 Å². The van der Waals surface area contributed by atoms with E-state index in [0.717, 1.165) is 0 Å². The molecular weight excluding hydrogens is 211 g/mol. The summed E-state index contributed by atoms with van der Waals surface area (Å²) in [7, 11) is -0.00382. The molecule has 0 atom stereocenters. The van der Waals surface area contributed by atoms with Crippen LogP contribution in [0, 0.1) is 0 Å². The van der Waals surface area contributed by atoms with Crippen molar-refractivity contribution in [1.82, 2.24) is 0 Å². The van der Waals surface area contributed by atoms with Crippen LogP contribution in [0.5, 0.6) is 0 Å². The van der Waals surface area contributed by atoms with Crippen molar-refractivity contribution in [3.05, 3.63) is 0 Å². The van der Waals surface area contributed by atoms with E-state index >= 15 is 0 Å². The van der Waals surface area contributed by atoms with Gasteiger partial charge in [0.2, 0.25) is 11.8 Å². The quantitative estimate of drug-likeness (QED) is 0.312. The summed E-state index contributed by atoms with van der Waals surface area (Å²) in [4.78, 5) is 8.77. The molecule has 0 amide bonds. The predicted molar refractivity (Wildman–Crippen MR) is 51.4 cm³/mol. The highest BCUT2D eigenvalue weighted by atomic mass is 31.1. The molecule has 82 valence electrons. The third-order valence-electron chi connectivity index (χ3n) is 0.902. The van der Waals surface area contributed by atoms with Crippen molar-refractivity contribution in [1.29, 1.82) is 0 Å². The largest absolute Gasteiger partial charge is 0.421 e. The fourth-order valence-corrected chi connectivity index (χ4v) is 1.16. The Morgan fingerprint density at radius 2 is 1.36 bits per heavy atom. The second-order valence-corrected chi connectivity index (χ2v) is 2.95. The standard InChI is InChI=1S/C6H13N2O5P/c1-5(7-10-3)12-14(9)13-6(2)8-11-4/h14H,1-4H3/b7-5+,8-6+. The van der Waals surface area contributed by atoms with E-state index in [9.17, 15) is 4.57 Å². The van der Waals surface area contributed by atoms with Crippen LogP contribution in [0.1, 0.15) is 13.8 Å². The normalized spacial score (nSPS) is 14.6. The van der Waals surface area contributed by atoms with Crippen LogP contribution in [-0.4, -0.2) is 26.0 Å². The van der Waals surface area contributed by atoms with Crippen molar-refractivity contribution < 1.29 is 23.3 Å². The summed E-state index contributed by atoms with van der Waals surface area (Å²) in [5, 5.41) is 6.77. The number of rotatable bonds is 4. The van der Waals surface area contributed by atoms with Gasteiger partial charge >= 0.3 is 8.25 Å². The molecule has 7 nitrogen and oxygen atoms in total. The zero-order chi connectivity index (χ0) is 11.0. The summed E-state index contributed by atoms with van der Waals surface area (Å²) in [6.07, 6.45) is 0. The third-order valence-corrected chi connectivity index (χ3v) is 1.83. The Morgan fingerprint density at radius 3 is 1.64 bits per heavy atom. The molecule has 0 radical (unpaired) electrons. The molecule has 0 rings (SSSR count). The molecule has 0 spiro atoms. The summed E-state index contributed by atoms with van der Waals surface area (Å²) >= 11 is 0. The number of hydrogen-bond acceptors (Lipinski definition) is 7. The van der Waals surface area contributed by atoms with Crippen LogP contribution in [0.2, 0.25) is 0 Å².